The molecule has 0 heterocycles. The quantitative estimate of drug-likeness (QED) is 0.886. The summed E-state index contributed by atoms with van der Waals surface area (Å²) >= 11 is 0. The maximum atomic E-state index is 12.3. The second-order valence-electron chi connectivity index (χ2n) is 4.76. The zero-order valence-electron chi connectivity index (χ0n) is 10.6. The number of aryl methyl sites for hydroxylation is 1. The largest absolute Gasteiger partial charge is 0.394 e. The van der Waals surface area contributed by atoms with Crippen LogP contribution in [0.5, 0.6) is 0 Å². The third-order valence-electron chi connectivity index (χ3n) is 2.89. The highest BCUT2D eigenvalue weighted by Crippen LogP contribution is 2.22. The molecule has 0 unspecified atom stereocenters. The lowest BCUT2D eigenvalue weighted by Crippen LogP contribution is -2.47. The fourth-order valence-electron chi connectivity index (χ4n) is 1.36. The fraction of sp³-hybridized carbons (Fsp3) is 0.500. The monoisotopic (exact) mass is 257 g/mol. The molecule has 1 aromatic carbocycles. The molecule has 0 saturated heterocycles. The zero-order chi connectivity index (χ0) is 13.3. The van der Waals surface area contributed by atoms with E-state index in [0.29, 0.717) is 0 Å². The Kier molecular flexibility index (Phi) is 3.96. The molecule has 1 rings (SSSR count). The first-order chi connectivity index (χ1) is 7.71. The number of benzene rings is 1. The van der Waals surface area contributed by atoms with Gasteiger partial charge in [-0.05, 0) is 38.5 Å². The minimum absolute atomic E-state index is 0.228. The van der Waals surface area contributed by atoms with E-state index in [1.807, 2.05) is 13.0 Å². The van der Waals surface area contributed by atoms with Gasteiger partial charge >= 0.3 is 0 Å². The molecule has 0 fully saturated rings. The Bertz CT molecular complexity index is 494. The first-order valence-electron chi connectivity index (χ1n) is 5.38. The van der Waals surface area contributed by atoms with Gasteiger partial charge in [0.2, 0.25) is 10.0 Å². The summed E-state index contributed by atoms with van der Waals surface area (Å²) in [6.45, 7) is 4.98. The first-order valence-corrected chi connectivity index (χ1v) is 6.82. The molecule has 0 aliphatic heterocycles. The van der Waals surface area contributed by atoms with Crippen LogP contribution in [-0.4, -0.2) is 37.0 Å². The summed E-state index contributed by atoms with van der Waals surface area (Å²) in [5, 5.41) is 9.22. The topological polar surface area (TPSA) is 57.6 Å². The molecule has 96 valence electrons. The number of hydrogen-bond donors (Lipinski definition) is 1. The Hall–Kier alpha value is -0.910. The molecular weight excluding hydrogens is 238 g/mol. The van der Waals surface area contributed by atoms with E-state index in [1.54, 1.807) is 32.0 Å². The molecule has 17 heavy (non-hydrogen) atoms. The van der Waals surface area contributed by atoms with Gasteiger partial charge in [-0.25, -0.2) is 8.42 Å². The van der Waals surface area contributed by atoms with Crippen LogP contribution in [0.1, 0.15) is 19.4 Å². The molecule has 0 spiro atoms. The summed E-state index contributed by atoms with van der Waals surface area (Å²) in [5.74, 6) is 0. The van der Waals surface area contributed by atoms with Crippen molar-refractivity contribution in [1.29, 1.82) is 0 Å². The van der Waals surface area contributed by atoms with Gasteiger partial charge in [-0.15, -0.1) is 0 Å². The third kappa shape index (κ3) is 2.86. The highest BCUT2D eigenvalue weighted by atomic mass is 32.2. The van der Waals surface area contributed by atoms with Crippen LogP contribution in [0, 0.1) is 6.92 Å². The van der Waals surface area contributed by atoms with Crippen molar-refractivity contribution in [1.82, 2.24) is 4.31 Å². The zero-order valence-corrected chi connectivity index (χ0v) is 11.5. The fourth-order valence-corrected chi connectivity index (χ4v) is 2.97. The van der Waals surface area contributed by atoms with Gasteiger partial charge in [0.15, 0.2) is 0 Å². The molecular formula is C12H19NO3S. The maximum Gasteiger partial charge on any atom is 0.243 e. The van der Waals surface area contributed by atoms with E-state index in [1.165, 1.54) is 11.4 Å². The predicted octanol–water partition coefficient (Wildman–Crippen LogP) is 1.39. The molecule has 0 bridgehead atoms. The molecule has 0 aliphatic rings. The van der Waals surface area contributed by atoms with E-state index >= 15 is 0 Å². The number of rotatable bonds is 4. The summed E-state index contributed by atoms with van der Waals surface area (Å²) in [4.78, 5) is 0.251. The molecule has 4 nitrogen and oxygen atoms in total. The number of aliphatic hydroxyl groups excluding tert-OH is 1. The normalized spacial score (nSPS) is 13.1. The molecule has 1 N–H and O–H groups in total. The number of hydrogen-bond acceptors (Lipinski definition) is 3. The Morgan fingerprint density at radius 2 is 1.94 bits per heavy atom. The van der Waals surface area contributed by atoms with Crippen LogP contribution >= 0.6 is 0 Å². The number of likely N-dealkylation sites (N-methyl/N-ethyl adjacent to an activating group) is 1. The molecule has 5 heteroatoms. The van der Waals surface area contributed by atoms with Crippen LogP contribution in [0.15, 0.2) is 29.2 Å². The van der Waals surface area contributed by atoms with Crippen LogP contribution in [0.3, 0.4) is 0 Å². The van der Waals surface area contributed by atoms with Gasteiger partial charge in [-0.1, -0.05) is 12.1 Å². The molecule has 0 saturated carbocycles. The average molecular weight is 257 g/mol. The second kappa shape index (κ2) is 4.76. The average Bonchev–Trinajstić information content (AvgIpc) is 2.28. The third-order valence-corrected chi connectivity index (χ3v) is 4.95. The number of sulfonamides is 1. The first kappa shape index (κ1) is 14.2. The molecule has 0 atom stereocenters. The lowest BCUT2D eigenvalue weighted by atomic mass is 10.1. The summed E-state index contributed by atoms with van der Waals surface area (Å²) in [6.07, 6.45) is 0. The summed E-state index contributed by atoms with van der Waals surface area (Å²) < 4.78 is 25.8. The standard InChI is InChI=1S/C12H19NO3S/c1-10-6-5-7-11(8-10)17(15,16)13(4)12(2,3)9-14/h5-8,14H,9H2,1-4H3. The Morgan fingerprint density at radius 3 is 2.41 bits per heavy atom. The van der Waals surface area contributed by atoms with E-state index in [0.717, 1.165) is 5.56 Å². The van der Waals surface area contributed by atoms with Crippen molar-refractivity contribution in [2.75, 3.05) is 13.7 Å². The minimum atomic E-state index is -3.56. The van der Waals surface area contributed by atoms with Gasteiger partial charge in [0, 0.05) is 7.05 Å². The van der Waals surface area contributed by atoms with Crippen LogP contribution < -0.4 is 0 Å². The van der Waals surface area contributed by atoms with Crippen molar-refractivity contribution in [2.45, 2.75) is 31.2 Å². The van der Waals surface area contributed by atoms with E-state index < -0.39 is 15.6 Å². The summed E-state index contributed by atoms with van der Waals surface area (Å²) in [7, 11) is -2.08. The molecule has 0 amide bonds. The lowest BCUT2D eigenvalue weighted by molar-refractivity contribution is 0.138. The van der Waals surface area contributed by atoms with Gasteiger partial charge < -0.3 is 5.11 Å². The Balaban J connectivity index is 3.21. The SMILES string of the molecule is Cc1cccc(S(=O)(=O)N(C)C(C)(C)CO)c1. The molecule has 0 aliphatic carbocycles. The molecule has 0 aromatic heterocycles. The number of nitrogens with zero attached hydrogens (tertiary/aromatic N) is 1. The van der Waals surface area contributed by atoms with Crippen molar-refractivity contribution >= 4 is 10.0 Å². The van der Waals surface area contributed by atoms with Crippen molar-refractivity contribution in [3.8, 4) is 0 Å². The lowest BCUT2D eigenvalue weighted by Gasteiger charge is -2.32. The van der Waals surface area contributed by atoms with E-state index in [2.05, 4.69) is 0 Å². The van der Waals surface area contributed by atoms with Crippen molar-refractivity contribution in [3.63, 3.8) is 0 Å². The minimum Gasteiger partial charge on any atom is -0.394 e. The predicted molar refractivity (Wildman–Crippen MR) is 67.3 cm³/mol. The van der Waals surface area contributed by atoms with Gasteiger partial charge in [-0.2, -0.15) is 4.31 Å². The van der Waals surface area contributed by atoms with Crippen LogP contribution in [0.4, 0.5) is 0 Å². The van der Waals surface area contributed by atoms with Gasteiger partial charge in [0.25, 0.3) is 0 Å². The van der Waals surface area contributed by atoms with Crippen LogP contribution in [0.2, 0.25) is 0 Å². The Labute approximate surface area is 103 Å². The summed E-state index contributed by atoms with van der Waals surface area (Å²) in [6, 6.07) is 6.74. The van der Waals surface area contributed by atoms with E-state index in [4.69, 9.17) is 0 Å². The molecule has 1 aromatic rings. The second-order valence-corrected chi connectivity index (χ2v) is 6.73. The van der Waals surface area contributed by atoms with Crippen LogP contribution in [-0.2, 0) is 10.0 Å². The van der Waals surface area contributed by atoms with Crippen molar-refractivity contribution in [2.24, 2.45) is 0 Å². The van der Waals surface area contributed by atoms with Crippen LogP contribution in [0.25, 0.3) is 0 Å². The Morgan fingerprint density at radius 1 is 1.35 bits per heavy atom. The summed E-state index contributed by atoms with van der Waals surface area (Å²) in [5.41, 5.74) is 0.0732. The van der Waals surface area contributed by atoms with Gasteiger partial charge in [0.05, 0.1) is 17.0 Å². The highest BCUT2D eigenvalue weighted by molar-refractivity contribution is 7.89. The number of aliphatic hydroxyl groups is 1. The smallest absolute Gasteiger partial charge is 0.243 e. The maximum absolute atomic E-state index is 12.3. The van der Waals surface area contributed by atoms with Gasteiger partial charge in [-0.3, -0.25) is 0 Å². The van der Waals surface area contributed by atoms with E-state index in [9.17, 15) is 13.5 Å². The van der Waals surface area contributed by atoms with Crippen molar-refractivity contribution in [3.05, 3.63) is 29.8 Å². The van der Waals surface area contributed by atoms with Crippen molar-refractivity contribution < 1.29 is 13.5 Å². The van der Waals surface area contributed by atoms with Gasteiger partial charge in [0.1, 0.15) is 0 Å². The highest BCUT2D eigenvalue weighted by Gasteiger charge is 2.33. The van der Waals surface area contributed by atoms with E-state index in [-0.39, 0.29) is 11.5 Å². The molecule has 0 radical (unpaired) electrons.